The Bertz CT molecular complexity index is 1470. The van der Waals surface area contributed by atoms with Gasteiger partial charge in [0.15, 0.2) is 5.13 Å². The summed E-state index contributed by atoms with van der Waals surface area (Å²) in [5.74, 6) is 1.47. The first-order chi connectivity index (χ1) is 20.2. The van der Waals surface area contributed by atoms with Gasteiger partial charge in [-0.3, -0.25) is 0 Å². The van der Waals surface area contributed by atoms with E-state index in [9.17, 15) is 13.2 Å². The fourth-order valence-electron chi connectivity index (χ4n) is 4.55. The lowest BCUT2D eigenvalue weighted by atomic mass is 9.95. The third-order valence-electron chi connectivity index (χ3n) is 6.80. The Morgan fingerprint density at radius 3 is 2.62 bits per heavy atom. The lowest BCUT2D eigenvalue weighted by molar-refractivity contribution is -0.139. The number of rotatable bonds is 11. The first kappa shape index (κ1) is 31.4. The molecule has 10 heteroatoms. The fraction of sp³-hybridized carbons (Fsp3) is 0.312. The van der Waals surface area contributed by atoms with Crippen molar-refractivity contribution in [2.75, 3.05) is 25.5 Å². The molecule has 2 aromatic carbocycles. The molecule has 0 spiro atoms. The molecule has 1 saturated heterocycles. The van der Waals surface area contributed by atoms with Crippen molar-refractivity contribution in [1.29, 1.82) is 5.26 Å². The van der Waals surface area contributed by atoms with Crippen LogP contribution in [0, 0.1) is 11.3 Å². The molecule has 220 valence electrons. The Hall–Kier alpha value is -3.52. The molecule has 4 rings (SSSR count). The summed E-state index contributed by atoms with van der Waals surface area (Å²) in [6.45, 7) is 8.00. The van der Waals surface area contributed by atoms with Gasteiger partial charge in [-0.2, -0.15) is 18.4 Å². The van der Waals surface area contributed by atoms with E-state index in [2.05, 4.69) is 29.2 Å². The zero-order chi connectivity index (χ0) is 30.1. The highest BCUT2D eigenvalue weighted by molar-refractivity contribution is 8.03. The number of hydrogen-bond donors (Lipinski definition) is 1. The average molecular weight is 611 g/mol. The van der Waals surface area contributed by atoms with Crippen LogP contribution < -0.4 is 10.1 Å². The van der Waals surface area contributed by atoms with Crippen LogP contribution in [0.2, 0.25) is 0 Å². The smallest absolute Gasteiger partial charge is 0.417 e. The van der Waals surface area contributed by atoms with E-state index in [1.54, 1.807) is 12.1 Å². The minimum Gasteiger partial charge on any atom is -0.456 e. The van der Waals surface area contributed by atoms with Gasteiger partial charge in [0, 0.05) is 21.1 Å². The van der Waals surface area contributed by atoms with E-state index in [1.165, 1.54) is 29.5 Å². The Morgan fingerprint density at radius 2 is 1.98 bits per heavy atom. The number of alkyl halides is 3. The summed E-state index contributed by atoms with van der Waals surface area (Å²) in [6.07, 6.45) is 2.15. The van der Waals surface area contributed by atoms with Crippen LogP contribution >= 0.6 is 23.1 Å². The van der Waals surface area contributed by atoms with Gasteiger partial charge in [-0.15, -0.1) is 11.3 Å². The third-order valence-corrected chi connectivity index (χ3v) is 8.67. The second-order valence-electron chi connectivity index (χ2n) is 9.96. The van der Waals surface area contributed by atoms with Crippen molar-refractivity contribution in [3.05, 3.63) is 106 Å². The minimum absolute atomic E-state index is 0.0283. The van der Waals surface area contributed by atoms with Crippen molar-refractivity contribution in [3.63, 3.8) is 0 Å². The first-order valence-electron chi connectivity index (χ1n) is 13.7. The molecule has 1 N–H and O–H groups in total. The summed E-state index contributed by atoms with van der Waals surface area (Å²) >= 11 is 2.45. The number of likely N-dealkylation sites (tertiary alicyclic amines) is 1. The van der Waals surface area contributed by atoms with Gasteiger partial charge in [0.25, 0.3) is 0 Å². The molecule has 1 aliphatic heterocycles. The number of aromatic nitrogens is 1. The number of thioether (sulfide) groups is 1. The highest BCUT2D eigenvalue weighted by Crippen LogP contribution is 2.41. The lowest BCUT2D eigenvalue weighted by Gasteiger charge is -2.27. The molecule has 0 amide bonds. The number of nitrogens with zero attached hydrogens (tertiary/aromatic N) is 3. The zero-order valence-corrected chi connectivity index (χ0v) is 25.2. The molecular weight excluding hydrogens is 578 g/mol. The van der Waals surface area contributed by atoms with Crippen molar-refractivity contribution in [2.24, 2.45) is 0 Å². The van der Waals surface area contributed by atoms with Gasteiger partial charge in [0.2, 0.25) is 0 Å². The standard InChI is InChI=1S/C32H33F3N4OS2/c1-4-9-27(37-31-38-28(21-41-31)23-14-16-39(3)17-15-23)29(40-24-10-7-6-8-11-24)19-25(5-2)42-30-13-12-22(20-36)18-26(30)32(33,34)35/h5-8,10-13,18-19,21,23H,2,4,9,14-17H2,1,3H3,(H,37,38)/b25-19+,29-27-. The Kier molecular flexibility index (Phi) is 10.9. The van der Waals surface area contributed by atoms with Crippen LogP contribution in [0.4, 0.5) is 18.3 Å². The number of halogens is 3. The normalized spacial score (nSPS) is 15.6. The van der Waals surface area contributed by atoms with Crippen LogP contribution in [-0.2, 0) is 6.18 Å². The lowest BCUT2D eigenvalue weighted by Crippen LogP contribution is -2.29. The van der Waals surface area contributed by atoms with Gasteiger partial charge in [0.05, 0.1) is 28.6 Å². The quantitative estimate of drug-likeness (QED) is 0.133. The highest BCUT2D eigenvalue weighted by Gasteiger charge is 2.34. The van der Waals surface area contributed by atoms with Crippen LogP contribution in [0.5, 0.6) is 5.75 Å². The topological polar surface area (TPSA) is 61.2 Å². The molecule has 0 atom stereocenters. The molecule has 0 aliphatic carbocycles. The van der Waals surface area contributed by atoms with Gasteiger partial charge in [-0.05, 0) is 75.8 Å². The second kappa shape index (κ2) is 14.6. The number of piperidine rings is 1. The van der Waals surface area contributed by atoms with E-state index in [0.717, 1.165) is 66.7 Å². The summed E-state index contributed by atoms with van der Waals surface area (Å²) in [6, 6.07) is 14.6. The van der Waals surface area contributed by atoms with Gasteiger partial charge < -0.3 is 15.0 Å². The minimum atomic E-state index is -4.62. The van der Waals surface area contributed by atoms with Crippen LogP contribution in [0.15, 0.2) is 93.9 Å². The number of nitrogens with one attached hydrogen (secondary N) is 1. The fourth-order valence-corrected chi connectivity index (χ4v) is 6.29. The average Bonchev–Trinajstić information content (AvgIpc) is 3.45. The molecule has 0 saturated carbocycles. The number of thiazole rings is 1. The monoisotopic (exact) mass is 610 g/mol. The second-order valence-corrected chi connectivity index (χ2v) is 11.9. The maximum absolute atomic E-state index is 13.9. The highest BCUT2D eigenvalue weighted by atomic mass is 32.2. The number of benzene rings is 2. The molecular formula is C32H33F3N4OS2. The van der Waals surface area contributed by atoms with Crippen molar-refractivity contribution >= 4 is 28.2 Å². The van der Waals surface area contributed by atoms with Crippen molar-refractivity contribution < 1.29 is 17.9 Å². The summed E-state index contributed by atoms with van der Waals surface area (Å²) in [7, 11) is 2.13. The number of hydrogen-bond acceptors (Lipinski definition) is 7. The van der Waals surface area contributed by atoms with Crippen LogP contribution in [0.1, 0.15) is 55.3 Å². The summed E-state index contributed by atoms with van der Waals surface area (Å²) < 4.78 is 48.0. The Morgan fingerprint density at radius 1 is 1.24 bits per heavy atom. The van der Waals surface area contributed by atoms with Crippen molar-refractivity contribution in [2.45, 2.75) is 49.6 Å². The Labute approximate surface area is 253 Å². The molecule has 3 aromatic rings. The summed E-state index contributed by atoms with van der Waals surface area (Å²) in [5, 5.41) is 15.4. The van der Waals surface area contributed by atoms with Gasteiger partial charge in [0.1, 0.15) is 11.5 Å². The third kappa shape index (κ3) is 8.51. The largest absolute Gasteiger partial charge is 0.456 e. The summed E-state index contributed by atoms with van der Waals surface area (Å²) in [5.41, 5.74) is 0.919. The van der Waals surface area contributed by atoms with Crippen LogP contribution in [0.25, 0.3) is 0 Å². The number of ether oxygens (including phenoxy) is 1. The number of para-hydroxylation sites is 1. The molecule has 1 aromatic heterocycles. The molecule has 0 unspecified atom stereocenters. The van der Waals surface area contributed by atoms with Crippen LogP contribution in [-0.4, -0.2) is 30.0 Å². The van der Waals surface area contributed by atoms with Crippen LogP contribution in [0.3, 0.4) is 0 Å². The SMILES string of the molecule is C=C/C(=C\C(Oc1ccccc1)=C(/CCC)Nc1nc(C2CCN(C)CC2)cs1)Sc1ccc(C#N)cc1C(F)(F)F. The van der Waals surface area contributed by atoms with E-state index in [1.807, 2.05) is 37.3 Å². The molecule has 42 heavy (non-hydrogen) atoms. The van der Waals surface area contributed by atoms with E-state index < -0.39 is 11.7 Å². The van der Waals surface area contributed by atoms with Gasteiger partial charge in [-0.1, -0.05) is 56.0 Å². The molecule has 0 bridgehead atoms. The first-order valence-corrected chi connectivity index (χ1v) is 15.4. The molecule has 2 heterocycles. The predicted molar refractivity (Wildman–Crippen MR) is 165 cm³/mol. The van der Waals surface area contributed by atoms with E-state index in [4.69, 9.17) is 15.0 Å². The number of nitriles is 1. The molecule has 0 radical (unpaired) electrons. The maximum atomic E-state index is 13.9. The zero-order valence-electron chi connectivity index (χ0n) is 23.6. The predicted octanol–water partition coefficient (Wildman–Crippen LogP) is 9.21. The van der Waals surface area contributed by atoms with E-state index in [0.29, 0.717) is 28.8 Å². The molecule has 5 nitrogen and oxygen atoms in total. The van der Waals surface area contributed by atoms with Crippen molar-refractivity contribution in [3.8, 4) is 11.8 Å². The molecule has 1 fully saturated rings. The summed E-state index contributed by atoms with van der Waals surface area (Å²) in [4.78, 5) is 7.65. The Balaban J connectivity index is 1.70. The number of allylic oxidation sites excluding steroid dienone is 3. The van der Waals surface area contributed by atoms with Crippen molar-refractivity contribution in [1.82, 2.24) is 9.88 Å². The van der Waals surface area contributed by atoms with Gasteiger partial charge in [-0.25, -0.2) is 4.98 Å². The van der Waals surface area contributed by atoms with E-state index >= 15 is 0 Å². The maximum Gasteiger partial charge on any atom is 0.417 e. The van der Waals surface area contributed by atoms with Gasteiger partial charge >= 0.3 is 6.18 Å². The number of anilines is 1. The van der Waals surface area contributed by atoms with E-state index in [-0.39, 0.29) is 10.5 Å². The molecule has 1 aliphatic rings.